The molecule has 0 saturated carbocycles. The lowest BCUT2D eigenvalue weighted by molar-refractivity contribution is 0.112. The van der Waals surface area contributed by atoms with E-state index in [1.54, 1.807) is 0 Å². The van der Waals surface area contributed by atoms with E-state index in [1.165, 1.54) is 11.1 Å². The van der Waals surface area contributed by atoms with Crippen LogP contribution >= 0.6 is 15.9 Å². The number of nitrogens with zero attached hydrogens (tertiary/aromatic N) is 2. The van der Waals surface area contributed by atoms with Crippen LogP contribution in [0.3, 0.4) is 0 Å². The van der Waals surface area contributed by atoms with Gasteiger partial charge in [0, 0.05) is 16.2 Å². The predicted octanol–water partition coefficient (Wildman–Crippen LogP) is 4.19. The number of aryl methyl sites for hydroxylation is 2. The first kappa shape index (κ1) is 13.1. The summed E-state index contributed by atoms with van der Waals surface area (Å²) < 4.78 is 2.87. The fourth-order valence-corrected chi connectivity index (χ4v) is 2.59. The van der Waals surface area contributed by atoms with Crippen molar-refractivity contribution in [3.8, 4) is 11.4 Å². The zero-order valence-corrected chi connectivity index (χ0v) is 12.8. The zero-order valence-electron chi connectivity index (χ0n) is 11.2. The highest BCUT2D eigenvalue weighted by molar-refractivity contribution is 9.10. The van der Waals surface area contributed by atoms with Crippen molar-refractivity contribution >= 4 is 27.7 Å². The minimum atomic E-state index is 0.458. The predicted molar refractivity (Wildman–Crippen MR) is 83.2 cm³/mol. The number of halogens is 1. The molecule has 0 aliphatic carbocycles. The maximum Gasteiger partial charge on any atom is 0.170 e. The molecule has 100 valence electrons. The van der Waals surface area contributed by atoms with Crippen LogP contribution in [0.1, 0.15) is 21.6 Å². The van der Waals surface area contributed by atoms with E-state index in [0.717, 1.165) is 27.7 Å². The molecule has 2 heterocycles. The van der Waals surface area contributed by atoms with Crippen molar-refractivity contribution in [2.45, 2.75) is 13.8 Å². The normalized spacial score (nSPS) is 10.9. The topological polar surface area (TPSA) is 34.4 Å². The lowest BCUT2D eigenvalue weighted by Gasteiger charge is -2.05. The maximum atomic E-state index is 11.2. The van der Waals surface area contributed by atoms with Gasteiger partial charge in [-0.05, 0) is 43.2 Å². The number of benzene rings is 1. The van der Waals surface area contributed by atoms with Crippen LogP contribution in [0.5, 0.6) is 0 Å². The number of imidazole rings is 1. The molecule has 0 N–H and O–H groups in total. The van der Waals surface area contributed by atoms with Crippen molar-refractivity contribution in [3.05, 3.63) is 57.8 Å². The molecule has 20 heavy (non-hydrogen) atoms. The smallest absolute Gasteiger partial charge is 0.170 e. The van der Waals surface area contributed by atoms with Crippen LogP contribution in [0.2, 0.25) is 0 Å². The van der Waals surface area contributed by atoms with Crippen molar-refractivity contribution in [2.75, 3.05) is 0 Å². The summed E-state index contributed by atoms with van der Waals surface area (Å²) in [5.41, 5.74) is 4.73. The fourth-order valence-electron chi connectivity index (χ4n) is 2.25. The van der Waals surface area contributed by atoms with Gasteiger partial charge in [-0.25, -0.2) is 4.98 Å². The number of aldehydes is 1. The Hall–Kier alpha value is -1.94. The van der Waals surface area contributed by atoms with E-state index < -0.39 is 0 Å². The van der Waals surface area contributed by atoms with Gasteiger partial charge in [0.05, 0.1) is 5.52 Å². The number of rotatable bonds is 2. The van der Waals surface area contributed by atoms with E-state index in [2.05, 4.69) is 46.9 Å². The standard InChI is InChI=1S/C16H13BrN2O/c1-10-3-4-12(7-11(10)2)16-18-14(9-20)15-8-13(17)5-6-19(15)16/h3-9H,1-2H3. The second-order valence-corrected chi connectivity index (χ2v) is 5.75. The summed E-state index contributed by atoms with van der Waals surface area (Å²) in [4.78, 5) is 15.7. The van der Waals surface area contributed by atoms with Gasteiger partial charge in [-0.2, -0.15) is 0 Å². The third-order valence-corrected chi connectivity index (χ3v) is 4.00. The number of fused-ring (bicyclic) bond motifs is 1. The molecule has 0 atom stereocenters. The molecular weight excluding hydrogens is 316 g/mol. The number of carbonyl (C=O) groups is 1. The molecule has 2 aromatic heterocycles. The van der Waals surface area contributed by atoms with Gasteiger partial charge in [-0.15, -0.1) is 0 Å². The van der Waals surface area contributed by atoms with Gasteiger partial charge in [0.1, 0.15) is 11.5 Å². The van der Waals surface area contributed by atoms with Crippen LogP contribution in [-0.4, -0.2) is 15.7 Å². The second-order valence-electron chi connectivity index (χ2n) is 4.84. The molecular formula is C16H13BrN2O. The summed E-state index contributed by atoms with van der Waals surface area (Å²) in [7, 11) is 0. The average molecular weight is 329 g/mol. The Bertz CT molecular complexity index is 821. The van der Waals surface area contributed by atoms with Crippen LogP contribution in [-0.2, 0) is 0 Å². The van der Waals surface area contributed by atoms with Crippen LogP contribution in [0, 0.1) is 13.8 Å². The van der Waals surface area contributed by atoms with Gasteiger partial charge in [-0.1, -0.05) is 28.1 Å². The van der Waals surface area contributed by atoms with Gasteiger partial charge in [-0.3, -0.25) is 9.20 Å². The Morgan fingerprint density at radius 3 is 2.65 bits per heavy atom. The Morgan fingerprint density at radius 2 is 1.95 bits per heavy atom. The molecule has 3 aromatic rings. The fraction of sp³-hybridized carbons (Fsp3) is 0.125. The van der Waals surface area contributed by atoms with Crippen LogP contribution < -0.4 is 0 Å². The second kappa shape index (κ2) is 4.87. The van der Waals surface area contributed by atoms with Crippen molar-refractivity contribution in [1.29, 1.82) is 0 Å². The third kappa shape index (κ3) is 2.06. The van der Waals surface area contributed by atoms with Crippen molar-refractivity contribution < 1.29 is 4.79 Å². The minimum absolute atomic E-state index is 0.458. The lowest BCUT2D eigenvalue weighted by atomic mass is 10.1. The highest BCUT2D eigenvalue weighted by atomic mass is 79.9. The quantitative estimate of drug-likeness (QED) is 0.661. The van der Waals surface area contributed by atoms with E-state index in [4.69, 9.17) is 0 Å². The van der Waals surface area contributed by atoms with Crippen molar-refractivity contribution in [2.24, 2.45) is 0 Å². The first-order chi connectivity index (χ1) is 9.60. The molecule has 0 unspecified atom stereocenters. The van der Waals surface area contributed by atoms with E-state index >= 15 is 0 Å². The molecule has 4 heteroatoms. The Morgan fingerprint density at radius 1 is 1.15 bits per heavy atom. The first-order valence-electron chi connectivity index (χ1n) is 6.30. The number of aromatic nitrogens is 2. The van der Waals surface area contributed by atoms with Crippen LogP contribution in [0.4, 0.5) is 0 Å². The van der Waals surface area contributed by atoms with Crippen LogP contribution in [0.15, 0.2) is 41.0 Å². The zero-order chi connectivity index (χ0) is 14.3. The van der Waals surface area contributed by atoms with Gasteiger partial charge in [0.15, 0.2) is 6.29 Å². The molecule has 0 aliphatic heterocycles. The molecule has 3 rings (SSSR count). The summed E-state index contributed by atoms with van der Waals surface area (Å²) in [6, 6.07) is 10.1. The van der Waals surface area contributed by atoms with E-state index in [-0.39, 0.29) is 0 Å². The lowest BCUT2D eigenvalue weighted by Crippen LogP contribution is -1.90. The van der Waals surface area contributed by atoms with Crippen molar-refractivity contribution in [1.82, 2.24) is 9.38 Å². The Balaban J connectivity index is 2.30. The summed E-state index contributed by atoms with van der Waals surface area (Å²) in [6.45, 7) is 4.16. The Kier molecular flexibility index (Phi) is 3.18. The molecule has 0 aliphatic rings. The highest BCUT2D eigenvalue weighted by Gasteiger charge is 2.12. The van der Waals surface area contributed by atoms with Crippen molar-refractivity contribution in [3.63, 3.8) is 0 Å². The number of hydrogen-bond donors (Lipinski definition) is 0. The first-order valence-corrected chi connectivity index (χ1v) is 7.10. The number of pyridine rings is 1. The number of hydrogen-bond acceptors (Lipinski definition) is 2. The largest absolute Gasteiger partial charge is 0.299 e. The van der Waals surface area contributed by atoms with E-state index in [9.17, 15) is 4.79 Å². The summed E-state index contributed by atoms with van der Waals surface area (Å²) in [5, 5.41) is 0. The molecule has 1 aromatic carbocycles. The average Bonchev–Trinajstić information content (AvgIpc) is 2.79. The Labute approximate surface area is 125 Å². The van der Waals surface area contributed by atoms with Gasteiger partial charge in [0.2, 0.25) is 0 Å². The molecule has 0 saturated heterocycles. The maximum absolute atomic E-state index is 11.2. The molecule has 0 radical (unpaired) electrons. The molecule has 0 fully saturated rings. The van der Waals surface area contributed by atoms with E-state index in [0.29, 0.717) is 5.69 Å². The summed E-state index contributed by atoms with van der Waals surface area (Å²) >= 11 is 3.43. The van der Waals surface area contributed by atoms with Gasteiger partial charge in [0.25, 0.3) is 0 Å². The molecule has 3 nitrogen and oxygen atoms in total. The molecule has 0 spiro atoms. The van der Waals surface area contributed by atoms with Crippen LogP contribution in [0.25, 0.3) is 16.9 Å². The molecule has 0 amide bonds. The summed E-state index contributed by atoms with van der Waals surface area (Å²) in [6.07, 6.45) is 2.72. The van der Waals surface area contributed by atoms with E-state index in [1.807, 2.05) is 28.8 Å². The minimum Gasteiger partial charge on any atom is -0.299 e. The van der Waals surface area contributed by atoms with Gasteiger partial charge < -0.3 is 0 Å². The highest BCUT2D eigenvalue weighted by Crippen LogP contribution is 2.25. The third-order valence-electron chi connectivity index (χ3n) is 3.51. The number of carbonyl (C=O) groups excluding carboxylic acids is 1. The van der Waals surface area contributed by atoms with Gasteiger partial charge >= 0.3 is 0 Å². The SMILES string of the molecule is Cc1ccc(-c2nc(C=O)c3cc(Br)ccn23)cc1C. The summed E-state index contributed by atoms with van der Waals surface area (Å²) in [5.74, 6) is 0.790. The monoisotopic (exact) mass is 328 g/mol. The molecule has 0 bridgehead atoms.